The number of carbonyl (C=O) groups is 1. The Hall–Kier alpha value is -2.79. The maximum Gasteiger partial charge on any atom is 0.336 e. The third-order valence-corrected chi connectivity index (χ3v) is 6.15. The number of aryl methyl sites for hydroxylation is 1. The van der Waals surface area contributed by atoms with Crippen molar-refractivity contribution in [3.05, 3.63) is 74.1 Å². The summed E-state index contributed by atoms with van der Waals surface area (Å²) >= 11 is 6.23. The lowest BCUT2D eigenvalue weighted by molar-refractivity contribution is 0.0793. The largest absolute Gasteiger partial charge is 0.423 e. The zero-order valence-corrected chi connectivity index (χ0v) is 18.9. The molecular formula is C25H27ClN2O3. The average molecular weight is 439 g/mol. The van der Waals surface area contributed by atoms with Crippen molar-refractivity contribution in [2.45, 2.75) is 46.1 Å². The smallest absolute Gasteiger partial charge is 0.336 e. The normalized spacial score (nSPS) is 13.9. The quantitative estimate of drug-likeness (QED) is 0.517. The summed E-state index contributed by atoms with van der Waals surface area (Å²) in [4.78, 5) is 27.0. The van der Waals surface area contributed by atoms with Gasteiger partial charge in [-0.05, 0) is 72.7 Å². The summed E-state index contributed by atoms with van der Waals surface area (Å²) in [5.41, 5.74) is 4.59. The van der Waals surface area contributed by atoms with Crippen LogP contribution in [0.5, 0.6) is 0 Å². The number of fused-ring (bicyclic) bond motifs is 1. The molecule has 1 N–H and O–H groups in total. The molecular weight excluding hydrogens is 412 g/mol. The lowest BCUT2D eigenvalue weighted by Crippen LogP contribution is -2.28. The lowest BCUT2D eigenvalue weighted by Gasteiger charge is -2.19. The minimum atomic E-state index is -0.388. The summed E-state index contributed by atoms with van der Waals surface area (Å²) in [6.45, 7) is 8.26. The number of rotatable bonds is 5. The molecule has 4 rings (SSSR count). The highest BCUT2D eigenvalue weighted by Crippen LogP contribution is 2.29. The summed E-state index contributed by atoms with van der Waals surface area (Å²) in [6, 6.07) is 10.8. The van der Waals surface area contributed by atoms with Crippen molar-refractivity contribution in [1.29, 1.82) is 0 Å². The molecule has 162 valence electrons. The first-order chi connectivity index (χ1) is 14.8. The highest BCUT2D eigenvalue weighted by Gasteiger charge is 2.22. The third kappa shape index (κ3) is 4.47. The minimum absolute atomic E-state index is 0.00631. The zero-order chi connectivity index (χ0) is 22.1. The lowest BCUT2D eigenvalue weighted by atomic mass is 9.95. The summed E-state index contributed by atoms with van der Waals surface area (Å²) in [5.74, 6) is 0.363. The Labute approximate surface area is 187 Å². The van der Waals surface area contributed by atoms with Crippen molar-refractivity contribution in [2.75, 3.05) is 18.4 Å². The van der Waals surface area contributed by atoms with Crippen LogP contribution in [-0.2, 0) is 6.54 Å². The van der Waals surface area contributed by atoms with Crippen molar-refractivity contribution in [2.24, 2.45) is 0 Å². The molecule has 0 atom stereocenters. The van der Waals surface area contributed by atoms with Gasteiger partial charge in [0, 0.05) is 41.8 Å². The number of likely N-dealkylation sites (tertiary alicyclic amines) is 1. The maximum atomic E-state index is 13.0. The molecule has 0 saturated carbocycles. The molecule has 1 aromatic heterocycles. The number of anilines is 1. The van der Waals surface area contributed by atoms with Gasteiger partial charge in [0.1, 0.15) is 5.58 Å². The Kier molecular flexibility index (Phi) is 6.05. The van der Waals surface area contributed by atoms with Crippen molar-refractivity contribution in [1.82, 2.24) is 4.90 Å². The highest BCUT2D eigenvalue weighted by atomic mass is 35.5. The van der Waals surface area contributed by atoms with Crippen LogP contribution >= 0.6 is 11.6 Å². The third-order valence-electron chi connectivity index (χ3n) is 5.91. The fourth-order valence-electron chi connectivity index (χ4n) is 4.29. The summed E-state index contributed by atoms with van der Waals surface area (Å²) in [6.07, 6.45) is 2.07. The SMILES string of the molecule is Cc1cc2oc(=O)cc(CNc3cc(Cl)ccc3C(=O)N3CCCC3)c2cc1C(C)C. The molecule has 0 radical (unpaired) electrons. The number of halogens is 1. The monoisotopic (exact) mass is 438 g/mol. The standard InChI is InChI=1S/C25H27ClN2O3/c1-15(2)20-13-21-17(11-24(29)31-23(21)10-16(20)3)14-27-22-12-18(26)6-7-19(22)25(30)28-8-4-5-9-28/h6-7,10-13,15,27H,4-5,8-9,14H2,1-3H3. The average Bonchev–Trinajstić information content (AvgIpc) is 3.25. The fourth-order valence-corrected chi connectivity index (χ4v) is 4.46. The molecule has 5 nitrogen and oxygen atoms in total. The molecule has 2 heterocycles. The van der Waals surface area contributed by atoms with Crippen LogP contribution in [0.1, 0.15) is 59.7 Å². The predicted molar refractivity (Wildman–Crippen MR) is 125 cm³/mol. The van der Waals surface area contributed by atoms with Gasteiger partial charge in [-0.25, -0.2) is 4.79 Å². The van der Waals surface area contributed by atoms with Crippen LogP contribution in [0, 0.1) is 6.92 Å². The number of nitrogens with one attached hydrogen (secondary N) is 1. The van der Waals surface area contributed by atoms with E-state index in [1.807, 2.05) is 17.9 Å². The van der Waals surface area contributed by atoms with Gasteiger partial charge in [-0.1, -0.05) is 25.4 Å². The minimum Gasteiger partial charge on any atom is -0.423 e. The number of carbonyl (C=O) groups excluding carboxylic acids is 1. The molecule has 0 aliphatic carbocycles. The van der Waals surface area contributed by atoms with E-state index in [4.69, 9.17) is 16.0 Å². The van der Waals surface area contributed by atoms with Gasteiger partial charge in [0.2, 0.25) is 0 Å². The Bertz CT molecular complexity index is 1190. The van der Waals surface area contributed by atoms with Gasteiger partial charge in [0.25, 0.3) is 5.91 Å². The van der Waals surface area contributed by atoms with E-state index < -0.39 is 0 Å². The molecule has 1 saturated heterocycles. The number of amides is 1. The Morgan fingerprint density at radius 3 is 2.61 bits per heavy atom. The van der Waals surface area contributed by atoms with Gasteiger partial charge >= 0.3 is 5.63 Å². The van der Waals surface area contributed by atoms with Crippen molar-refractivity contribution < 1.29 is 9.21 Å². The first-order valence-electron chi connectivity index (χ1n) is 10.7. The predicted octanol–water partition coefficient (Wildman–Crippen LogP) is 5.73. The van der Waals surface area contributed by atoms with Crippen LogP contribution in [0.25, 0.3) is 11.0 Å². The van der Waals surface area contributed by atoms with Crippen molar-refractivity contribution in [3.8, 4) is 0 Å². The van der Waals surface area contributed by atoms with E-state index in [9.17, 15) is 9.59 Å². The Morgan fingerprint density at radius 1 is 1.16 bits per heavy atom. The molecule has 1 aliphatic rings. The molecule has 1 fully saturated rings. The van der Waals surface area contributed by atoms with E-state index in [2.05, 4.69) is 25.2 Å². The van der Waals surface area contributed by atoms with Gasteiger partial charge in [0.15, 0.2) is 0 Å². The molecule has 31 heavy (non-hydrogen) atoms. The number of hydrogen-bond donors (Lipinski definition) is 1. The topological polar surface area (TPSA) is 62.6 Å². The second-order valence-corrected chi connectivity index (χ2v) is 8.93. The molecule has 0 unspecified atom stereocenters. The molecule has 1 amide bonds. The summed E-state index contributed by atoms with van der Waals surface area (Å²) < 4.78 is 5.45. The first-order valence-corrected chi connectivity index (χ1v) is 11.1. The van der Waals surface area contributed by atoms with Crippen LogP contribution < -0.4 is 10.9 Å². The Balaban J connectivity index is 1.69. The highest BCUT2D eigenvalue weighted by molar-refractivity contribution is 6.31. The van der Waals surface area contributed by atoms with Gasteiger partial charge in [-0.15, -0.1) is 0 Å². The second-order valence-electron chi connectivity index (χ2n) is 8.49. The van der Waals surface area contributed by atoms with Crippen molar-refractivity contribution in [3.63, 3.8) is 0 Å². The summed E-state index contributed by atoms with van der Waals surface area (Å²) in [5, 5.41) is 4.80. The molecule has 2 aromatic carbocycles. The Morgan fingerprint density at radius 2 is 1.90 bits per heavy atom. The first kappa shape index (κ1) is 21.4. The number of nitrogens with zero attached hydrogens (tertiary/aromatic N) is 1. The zero-order valence-electron chi connectivity index (χ0n) is 18.1. The van der Waals surface area contributed by atoms with E-state index >= 15 is 0 Å². The van der Waals surface area contributed by atoms with Crippen LogP contribution in [0.3, 0.4) is 0 Å². The van der Waals surface area contributed by atoms with E-state index in [1.54, 1.807) is 18.2 Å². The van der Waals surface area contributed by atoms with E-state index in [-0.39, 0.29) is 11.5 Å². The molecule has 0 spiro atoms. The van der Waals surface area contributed by atoms with Gasteiger partial charge in [-0.2, -0.15) is 0 Å². The van der Waals surface area contributed by atoms with Crippen LogP contribution in [-0.4, -0.2) is 23.9 Å². The second kappa shape index (κ2) is 8.75. The van der Waals surface area contributed by atoms with Gasteiger partial charge < -0.3 is 14.6 Å². The summed E-state index contributed by atoms with van der Waals surface area (Å²) in [7, 11) is 0. The number of hydrogen-bond acceptors (Lipinski definition) is 4. The van der Waals surface area contributed by atoms with Crippen LogP contribution in [0.15, 0.2) is 45.6 Å². The molecule has 3 aromatic rings. The molecule has 1 aliphatic heterocycles. The fraction of sp³-hybridized carbons (Fsp3) is 0.360. The van der Waals surface area contributed by atoms with E-state index in [0.29, 0.717) is 34.3 Å². The van der Waals surface area contributed by atoms with Crippen LogP contribution in [0.2, 0.25) is 5.02 Å². The van der Waals surface area contributed by atoms with Crippen LogP contribution in [0.4, 0.5) is 5.69 Å². The van der Waals surface area contributed by atoms with Gasteiger partial charge in [-0.3, -0.25) is 4.79 Å². The van der Waals surface area contributed by atoms with E-state index in [0.717, 1.165) is 42.4 Å². The number of benzene rings is 2. The molecule has 6 heteroatoms. The van der Waals surface area contributed by atoms with Gasteiger partial charge in [0.05, 0.1) is 5.56 Å². The van der Waals surface area contributed by atoms with Crippen molar-refractivity contribution >= 4 is 34.2 Å². The van der Waals surface area contributed by atoms with E-state index in [1.165, 1.54) is 11.6 Å². The maximum absolute atomic E-state index is 13.0. The molecule has 0 bridgehead atoms.